The van der Waals surface area contributed by atoms with Crippen LogP contribution in [0.1, 0.15) is 60.9 Å². The Bertz CT molecular complexity index is 390. The van der Waals surface area contributed by atoms with E-state index >= 15 is 0 Å². The molecule has 0 amide bonds. The van der Waals surface area contributed by atoms with E-state index in [2.05, 4.69) is 19.1 Å². The summed E-state index contributed by atoms with van der Waals surface area (Å²) in [5, 5.41) is 0. The smallest absolute Gasteiger partial charge is 0.191 e. The Morgan fingerprint density at radius 1 is 1.33 bits per heavy atom. The van der Waals surface area contributed by atoms with E-state index in [1.54, 1.807) is 7.11 Å². The Kier molecular flexibility index (Phi) is 4.54. The summed E-state index contributed by atoms with van der Waals surface area (Å²) < 4.78 is 5.27. The maximum atomic E-state index is 12.2. The van der Waals surface area contributed by atoms with Crippen molar-refractivity contribution in [1.82, 2.24) is 0 Å². The first-order valence-corrected chi connectivity index (χ1v) is 6.93. The van der Waals surface area contributed by atoms with E-state index in [0.717, 1.165) is 24.3 Å². The summed E-state index contributed by atoms with van der Waals surface area (Å²) >= 11 is 0. The lowest BCUT2D eigenvalue weighted by Crippen LogP contribution is -2.23. The van der Waals surface area contributed by atoms with Gasteiger partial charge >= 0.3 is 0 Å². The molecule has 1 aliphatic carbocycles. The molecular weight excluding hydrogens is 224 g/mol. The summed E-state index contributed by atoms with van der Waals surface area (Å²) in [5.41, 5.74) is 2.15. The summed E-state index contributed by atoms with van der Waals surface area (Å²) in [6.45, 7) is 2.07. The predicted octanol–water partition coefficient (Wildman–Crippen LogP) is 3.95. The van der Waals surface area contributed by atoms with Crippen LogP contribution in [0.2, 0.25) is 0 Å². The van der Waals surface area contributed by atoms with Gasteiger partial charge in [-0.05, 0) is 30.7 Å². The lowest BCUT2D eigenvalue weighted by Gasteiger charge is -2.25. The first-order chi connectivity index (χ1) is 8.76. The van der Waals surface area contributed by atoms with Crippen LogP contribution >= 0.6 is 0 Å². The van der Waals surface area contributed by atoms with Crippen LogP contribution in [-0.2, 0) is 4.74 Å². The number of rotatable bonds is 6. The Hall–Kier alpha value is -1.15. The standard InChI is InChI=1S/C16H22O2/c1-3-5-15(18-2)16(17)14-10-8-13(9-11-14)12-6-4-7-12/h8-12,15H,3-7H2,1-2H3. The zero-order chi connectivity index (χ0) is 13.0. The lowest BCUT2D eigenvalue weighted by atomic mass is 9.80. The van der Waals surface area contributed by atoms with E-state index in [4.69, 9.17) is 4.74 Å². The average molecular weight is 246 g/mol. The minimum absolute atomic E-state index is 0.111. The highest BCUT2D eigenvalue weighted by atomic mass is 16.5. The van der Waals surface area contributed by atoms with Crippen LogP contribution in [0, 0.1) is 0 Å². The first kappa shape index (κ1) is 13.3. The van der Waals surface area contributed by atoms with Crippen LogP contribution in [0.5, 0.6) is 0 Å². The van der Waals surface area contributed by atoms with Gasteiger partial charge in [0.25, 0.3) is 0 Å². The molecule has 0 aliphatic heterocycles. The van der Waals surface area contributed by atoms with Crippen LogP contribution < -0.4 is 0 Å². The fourth-order valence-electron chi connectivity index (χ4n) is 2.47. The van der Waals surface area contributed by atoms with Crippen molar-refractivity contribution in [3.8, 4) is 0 Å². The minimum atomic E-state index is -0.287. The van der Waals surface area contributed by atoms with Gasteiger partial charge in [-0.3, -0.25) is 4.79 Å². The molecule has 1 aliphatic rings. The van der Waals surface area contributed by atoms with E-state index in [-0.39, 0.29) is 11.9 Å². The van der Waals surface area contributed by atoms with Gasteiger partial charge in [-0.25, -0.2) is 0 Å². The molecule has 98 valence electrons. The Labute approximate surface area is 109 Å². The number of Topliss-reactive ketones (excluding diaryl/α,β-unsaturated/α-hetero) is 1. The first-order valence-electron chi connectivity index (χ1n) is 6.93. The normalized spacial score (nSPS) is 17.2. The molecule has 2 rings (SSSR count). The average Bonchev–Trinajstić information content (AvgIpc) is 2.34. The lowest BCUT2D eigenvalue weighted by molar-refractivity contribution is 0.0578. The van der Waals surface area contributed by atoms with Gasteiger partial charge in [0.2, 0.25) is 0 Å². The summed E-state index contributed by atoms with van der Waals surface area (Å²) in [7, 11) is 1.61. The van der Waals surface area contributed by atoms with Crippen molar-refractivity contribution in [2.45, 2.75) is 51.0 Å². The second-order valence-corrected chi connectivity index (χ2v) is 5.13. The van der Waals surface area contributed by atoms with E-state index in [0.29, 0.717) is 0 Å². The van der Waals surface area contributed by atoms with Crippen molar-refractivity contribution < 1.29 is 9.53 Å². The zero-order valence-corrected chi connectivity index (χ0v) is 11.3. The molecule has 18 heavy (non-hydrogen) atoms. The number of benzene rings is 1. The van der Waals surface area contributed by atoms with Crippen LogP contribution in [0.15, 0.2) is 24.3 Å². The topological polar surface area (TPSA) is 26.3 Å². The van der Waals surface area contributed by atoms with Gasteiger partial charge < -0.3 is 4.74 Å². The second kappa shape index (κ2) is 6.14. The maximum Gasteiger partial charge on any atom is 0.191 e. The predicted molar refractivity (Wildman–Crippen MR) is 73.1 cm³/mol. The Morgan fingerprint density at radius 3 is 2.44 bits per heavy atom. The van der Waals surface area contributed by atoms with Gasteiger partial charge in [0.1, 0.15) is 6.10 Å². The molecule has 0 heterocycles. The highest BCUT2D eigenvalue weighted by molar-refractivity contribution is 5.99. The molecule has 1 atom stereocenters. The fraction of sp³-hybridized carbons (Fsp3) is 0.562. The van der Waals surface area contributed by atoms with E-state index < -0.39 is 0 Å². The van der Waals surface area contributed by atoms with E-state index in [1.807, 2.05) is 12.1 Å². The number of ketones is 1. The second-order valence-electron chi connectivity index (χ2n) is 5.13. The van der Waals surface area contributed by atoms with Crippen molar-refractivity contribution in [2.75, 3.05) is 7.11 Å². The largest absolute Gasteiger partial charge is 0.373 e. The van der Waals surface area contributed by atoms with Crippen molar-refractivity contribution in [3.63, 3.8) is 0 Å². The maximum absolute atomic E-state index is 12.2. The Balaban J connectivity index is 2.05. The molecule has 0 saturated heterocycles. The van der Waals surface area contributed by atoms with E-state index in [1.165, 1.54) is 24.8 Å². The highest BCUT2D eigenvalue weighted by Gasteiger charge is 2.21. The van der Waals surface area contributed by atoms with Crippen molar-refractivity contribution in [3.05, 3.63) is 35.4 Å². The minimum Gasteiger partial charge on any atom is -0.373 e. The summed E-state index contributed by atoms with van der Waals surface area (Å²) in [6, 6.07) is 8.13. The summed E-state index contributed by atoms with van der Waals surface area (Å²) in [5.74, 6) is 0.836. The third-order valence-electron chi connectivity index (χ3n) is 3.90. The fourth-order valence-corrected chi connectivity index (χ4v) is 2.47. The highest BCUT2D eigenvalue weighted by Crippen LogP contribution is 2.36. The molecule has 2 heteroatoms. The summed E-state index contributed by atoms with van der Waals surface area (Å²) in [6.07, 6.45) is 5.40. The third-order valence-corrected chi connectivity index (χ3v) is 3.90. The summed E-state index contributed by atoms with van der Waals surface area (Å²) in [4.78, 5) is 12.2. The molecule has 1 fully saturated rings. The van der Waals surface area contributed by atoms with Gasteiger partial charge in [0.05, 0.1) is 0 Å². The Morgan fingerprint density at radius 2 is 2.00 bits per heavy atom. The molecular formula is C16H22O2. The number of hydrogen-bond donors (Lipinski definition) is 0. The molecule has 1 unspecified atom stereocenters. The molecule has 2 nitrogen and oxygen atoms in total. The molecule has 0 aromatic heterocycles. The molecule has 1 aromatic carbocycles. The van der Waals surface area contributed by atoms with Gasteiger partial charge in [-0.2, -0.15) is 0 Å². The molecule has 0 spiro atoms. The zero-order valence-electron chi connectivity index (χ0n) is 11.3. The van der Waals surface area contributed by atoms with Crippen LogP contribution in [0.3, 0.4) is 0 Å². The number of hydrogen-bond acceptors (Lipinski definition) is 2. The van der Waals surface area contributed by atoms with Gasteiger partial charge in [0, 0.05) is 12.7 Å². The van der Waals surface area contributed by atoms with Crippen LogP contribution in [0.4, 0.5) is 0 Å². The number of methoxy groups -OCH3 is 1. The van der Waals surface area contributed by atoms with Gasteiger partial charge in [-0.1, -0.05) is 44.0 Å². The molecule has 0 N–H and O–H groups in total. The SMILES string of the molecule is CCCC(OC)C(=O)c1ccc(C2CCC2)cc1. The molecule has 0 radical (unpaired) electrons. The number of carbonyl (C=O) groups excluding carboxylic acids is 1. The van der Waals surface area contributed by atoms with Crippen molar-refractivity contribution in [2.24, 2.45) is 0 Å². The van der Waals surface area contributed by atoms with Crippen molar-refractivity contribution >= 4 is 5.78 Å². The monoisotopic (exact) mass is 246 g/mol. The van der Waals surface area contributed by atoms with Crippen LogP contribution in [0.25, 0.3) is 0 Å². The van der Waals surface area contributed by atoms with Gasteiger partial charge in [0.15, 0.2) is 5.78 Å². The third kappa shape index (κ3) is 2.81. The number of ether oxygens (including phenoxy) is 1. The molecule has 1 aromatic rings. The van der Waals surface area contributed by atoms with Gasteiger partial charge in [-0.15, -0.1) is 0 Å². The van der Waals surface area contributed by atoms with E-state index in [9.17, 15) is 4.79 Å². The molecule has 0 bridgehead atoms. The van der Waals surface area contributed by atoms with Crippen LogP contribution in [-0.4, -0.2) is 19.0 Å². The van der Waals surface area contributed by atoms with Crippen molar-refractivity contribution in [1.29, 1.82) is 0 Å². The number of carbonyl (C=O) groups is 1. The molecule has 1 saturated carbocycles. The quantitative estimate of drug-likeness (QED) is 0.710.